The molecule has 0 aliphatic carbocycles. The molecule has 1 saturated heterocycles. The standard InChI is InChI=1S/C14H26N4/c1-4-12-11-18(10-7-14(12)15-2)9-6-13-5-8-16-17(13)3/h5,8,12,14-15H,4,6-7,9-11H2,1-3H3. The summed E-state index contributed by atoms with van der Waals surface area (Å²) in [6.07, 6.45) is 5.54. The van der Waals surface area contributed by atoms with Crippen LogP contribution in [0.15, 0.2) is 12.3 Å². The number of hydrogen-bond donors (Lipinski definition) is 1. The zero-order valence-corrected chi connectivity index (χ0v) is 11.9. The molecule has 2 unspecified atom stereocenters. The number of piperidine rings is 1. The Labute approximate surface area is 110 Å². The molecule has 1 aliphatic heterocycles. The van der Waals surface area contributed by atoms with Crippen molar-refractivity contribution in [3.05, 3.63) is 18.0 Å². The Kier molecular flexibility index (Phi) is 4.78. The van der Waals surface area contributed by atoms with E-state index in [-0.39, 0.29) is 0 Å². The second-order valence-corrected chi connectivity index (χ2v) is 5.35. The van der Waals surface area contributed by atoms with Gasteiger partial charge in [-0.25, -0.2) is 0 Å². The molecule has 4 nitrogen and oxygen atoms in total. The highest BCUT2D eigenvalue weighted by Gasteiger charge is 2.26. The highest BCUT2D eigenvalue weighted by molar-refractivity contribution is 5.00. The number of likely N-dealkylation sites (tertiary alicyclic amines) is 1. The van der Waals surface area contributed by atoms with Crippen LogP contribution in [-0.4, -0.2) is 47.4 Å². The van der Waals surface area contributed by atoms with Crippen LogP contribution in [-0.2, 0) is 13.5 Å². The lowest BCUT2D eigenvalue weighted by atomic mass is 9.90. The predicted molar refractivity (Wildman–Crippen MR) is 74.6 cm³/mol. The number of aryl methyl sites for hydroxylation is 1. The number of aromatic nitrogens is 2. The lowest BCUT2D eigenvalue weighted by molar-refractivity contribution is 0.139. The van der Waals surface area contributed by atoms with Gasteiger partial charge in [-0.15, -0.1) is 0 Å². The van der Waals surface area contributed by atoms with Crippen molar-refractivity contribution in [2.24, 2.45) is 13.0 Å². The molecule has 1 N–H and O–H groups in total. The molecule has 1 aliphatic rings. The molecule has 0 radical (unpaired) electrons. The van der Waals surface area contributed by atoms with Crippen molar-refractivity contribution < 1.29 is 0 Å². The maximum atomic E-state index is 4.22. The second-order valence-electron chi connectivity index (χ2n) is 5.35. The minimum Gasteiger partial charge on any atom is -0.317 e. The fourth-order valence-electron chi connectivity index (χ4n) is 3.02. The number of hydrogen-bond acceptors (Lipinski definition) is 3. The SMILES string of the molecule is CCC1CN(CCc2ccnn2C)CCC1NC. The zero-order valence-electron chi connectivity index (χ0n) is 11.9. The summed E-state index contributed by atoms with van der Waals surface area (Å²) in [6.45, 7) is 5.92. The average Bonchev–Trinajstić information content (AvgIpc) is 2.81. The fraction of sp³-hybridized carbons (Fsp3) is 0.786. The first kappa shape index (κ1) is 13.6. The van der Waals surface area contributed by atoms with Gasteiger partial charge in [-0.1, -0.05) is 13.3 Å². The Balaban J connectivity index is 1.82. The highest BCUT2D eigenvalue weighted by atomic mass is 15.3. The molecule has 1 aromatic rings. The number of rotatable bonds is 5. The van der Waals surface area contributed by atoms with E-state index in [0.717, 1.165) is 18.9 Å². The molecular weight excluding hydrogens is 224 g/mol. The summed E-state index contributed by atoms with van der Waals surface area (Å²) in [6, 6.07) is 2.83. The van der Waals surface area contributed by atoms with Gasteiger partial charge in [0.15, 0.2) is 0 Å². The van der Waals surface area contributed by atoms with Crippen LogP contribution in [0.25, 0.3) is 0 Å². The smallest absolute Gasteiger partial charge is 0.0492 e. The Morgan fingerprint density at radius 1 is 1.50 bits per heavy atom. The van der Waals surface area contributed by atoms with E-state index in [0.29, 0.717) is 6.04 Å². The van der Waals surface area contributed by atoms with E-state index in [1.165, 1.54) is 31.6 Å². The van der Waals surface area contributed by atoms with Crippen molar-refractivity contribution in [1.29, 1.82) is 0 Å². The van der Waals surface area contributed by atoms with E-state index >= 15 is 0 Å². The molecule has 1 fully saturated rings. The van der Waals surface area contributed by atoms with Gasteiger partial charge in [0.05, 0.1) is 0 Å². The second kappa shape index (κ2) is 6.34. The van der Waals surface area contributed by atoms with E-state index in [1.807, 2.05) is 17.9 Å². The van der Waals surface area contributed by atoms with Gasteiger partial charge in [0.1, 0.15) is 0 Å². The summed E-state index contributed by atoms with van der Waals surface area (Å²) in [5.74, 6) is 0.801. The monoisotopic (exact) mass is 250 g/mol. The van der Waals surface area contributed by atoms with Crippen molar-refractivity contribution in [3.8, 4) is 0 Å². The van der Waals surface area contributed by atoms with Gasteiger partial charge in [0.25, 0.3) is 0 Å². The molecule has 0 amide bonds. The van der Waals surface area contributed by atoms with Crippen molar-refractivity contribution in [3.63, 3.8) is 0 Å². The Hall–Kier alpha value is -0.870. The molecule has 0 saturated carbocycles. The molecule has 4 heteroatoms. The minimum atomic E-state index is 0.711. The molecule has 2 heterocycles. The minimum absolute atomic E-state index is 0.711. The van der Waals surface area contributed by atoms with Gasteiger partial charge in [0, 0.05) is 44.5 Å². The van der Waals surface area contributed by atoms with Crippen LogP contribution < -0.4 is 5.32 Å². The van der Waals surface area contributed by atoms with Crippen molar-refractivity contribution in [2.75, 3.05) is 26.7 Å². The van der Waals surface area contributed by atoms with E-state index in [1.54, 1.807) is 0 Å². The normalized spacial score (nSPS) is 25.5. The van der Waals surface area contributed by atoms with Gasteiger partial charge < -0.3 is 10.2 Å². The topological polar surface area (TPSA) is 33.1 Å². The summed E-state index contributed by atoms with van der Waals surface area (Å²) < 4.78 is 1.98. The van der Waals surface area contributed by atoms with Gasteiger partial charge in [-0.3, -0.25) is 4.68 Å². The van der Waals surface area contributed by atoms with Crippen molar-refractivity contribution in [1.82, 2.24) is 20.0 Å². The van der Waals surface area contributed by atoms with Gasteiger partial charge in [-0.2, -0.15) is 5.10 Å². The molecule has 1 aromatic heterocycles. The van der Waals surface area contributed by atoms with Crippen LogP contribution in [0.3, 0.4) is 0 Å². The van der Waals surface area contributed by atoms with Crippen molar-refractivity contribution >= 4 is 0 Å². The lowest BCUT2D eigenvalue weighted by Gasteiger charge is -2.38. The number of nitrogens with one attached hydrogen (secondary N) is 1. The summed E-state index contributed by atoms with van der Waals surface area (Å²) in [7, 11) is 4.12. The third-order valence-corrected chi connectivity index (χ3v) is 4.32. The molecule has 102 valence electrons. The highest BCUT2D eigenvalue weighted by Crippen LogP contribution is 2.20. The van der Waals surface area contributed by atoms with Crippen molar-refractivity contribution in [2.45, 2.75) is 32.2 Å². The fourth-order valence-corrected chi connectivity index (χ4v) is 3.02. The maximum Gasteiger partial charge on any atom is 0.0492 e. The first-order valence-corrected chi connectivity index (χ1v) is 7.11. The van der Waals surface area contributed by atoms with Crippen LogP contribution in [0.4, 0.5) is 0 Å². The Morgan fingerprint density at radius 3 is 2.94 bits per heavy atom. The first-order chi connectivity index (χ1) is 8.74. The van der Waals surface area contributed by atoms with E-state index in [9.17, 15) is 0 Å². The molecule has 2 rings (SSSR count). The van der Waals surface area contributed by atoms with Gasteiger partial charge in [0.2, 0.25) is 0 Å². The summed E-state index contributed by atoms with van der Waals surface area (Å²) in [5, 5.41) is 7.69. The lowest BCUT2D eigenvalue weighted by Crippen LogP contribution is -2.48. The summed E-state index contributed by atoms with van der Waals surface area (Å²) in [4.78, 5) is 2.61. The van der Waals surface area contributed by atoms with E-state index < -0.39 is 0 Å². The quantitative estimate of drug-likeness (QED) is 0.854. The molecule has 0 aromatic carbocycles. The third-order valence-electron chi connectivity index (χ3n) is 4.32. The van der Waals surface area contributed by atoms with E-state index in [2.05, 4.69) is 35.4 Å². The largest absolute Gasteiger partial charge is 0.317 e. The van der Waals surface area contributed by atoms with Gasteiger partial charge >= 0.3 is 0 Å². The van der Waals surface area contributed by atoms with Crippen LogP contribution in [0.5, 0.6) is 0 Å². The number of nitrogens with zero attached hydrogens (tertiary/aromatic N) is 3. The predicted octanol–water partition coefficient (Wildman–Crippen LogP) is 1.28. The molecule has 0 spiro atoms. The molecule has 0 bridgehead atoms. The van der Waals surface area contributed by atoms with Gasteiger partial charge in [-0.05, 0) is 32.0 Å². The Bertz CT molecular complexity index is 360. The van der Waals surface area contributed by atoms with E-state index in [4.69, 9.17) is 0 Å². The van der Waals surface area contributed by atoms with Crippen LogP contribution in [0.1, 0.15) is 25.5 Å². The van der Waals surface area contributed by atoms with Crippen LogP contribution >= 0.6 is 0 Å². The maximum absolute atomic E-state index is 4.22. The summed E-state index contributed by atoms with van der Waals surface area (Å²) in [5.41, 5.74) is 1.33. The van der Waals surface area contributed by atoms with Crippen LogP contribution in [0, 0.1) is 5.92 Å². The zero-order chi connectivity index (χ0) is 13.0. The average molecular weight is 250 g/mol. The summed E-state index contributed by atoms with van der Waals surface area (Å²) >= 11 is 0. The third kappa shape index (κ3) is 3.12. The van der Waals surface area contributed by atoms with Crippen LogP contribution in [0.2, 0.25) is 0 Å². The molecular formula is C14H26N4. The molecule has 18 heavy (non-hydrogen) atoms. The first-order valence-electron chi connectivity index (χ1n) is 7.11. The Morgan fingerprint density at radius 2 is 2.33 bits per heavy atom. The molecule has 2 atom stereocenters.